The molecule has 0 spiro atoms. The van der Waals surface area contributed by atoms with Gasteiger partial charge in [0.2, 0.25) is 0 Å². The predicted octanol–water partition coefficient (Wildman–Crippen LogP) is 4.96. The molecule has 0 aliphatic heterocycles. The van der Waals surface area contributed by atoms with E-state index in [1.165, 1.54) is 12.8 Å². The minimum Gasteiger partial charge on any atom is -0.318 e. The number of rotatable bonds is 7. The van der Waals surface area contributed by atoms with Crippen molar-refractivity contribution in [2.75, 3.05) is 0 Å². The summed E-state index contributed by atoms with van der Waals surface area (Å²) in [5.74, 6) is -0.466. The first kappa shape index (κ1) is 17.5. The summed E-state index contributed by atoms with van der Waals surface area (Å²) in [4.78, 5) is 0. The van der Waals surface area contributed by atoms with Crippen LogP contribution in [0.15, 0.2) is 0 Å². The van der Waals surface area contributed by atoms with Crippen LogP contribution in [0.2, 0.25) is 0 Å². The maximum Gasteiger partial charge on any atom is 0.347 e. The van der Waals surface area contributed by atoms with Gasteiger partial charge in [-0.2, -0.15) is 0 Å². The van der Waals surface area contributed by atoms with E-state index in [2.05, 4.69) is 6.92 Å². The van der Waals surface area contributed by atoms with E-state index in [9.17, 15) is 4.57 Å². The summed E-state index contributed by atoms with van der Waals surface area (Å²) >= 11 is 0. The van der Waals surface area contributed by atoms with Gasteiger partial charge in [0.05, 0.1) is 12.2 Å². The molecule has 0 radical (unpaired) electrons. The third kappa shape index (κ3) is 5.35. The summed E-state index contributed by atoms with van der Waals surface area (Å²) in [6.45, 7) is 2.06. The van der Waals surface area contributed by atoms with Gasteiger partial charge in [-0.25, -0.2) is 0 Å². The Morgan fingerprint density at radius 2 is 1.38 bits per heavy atom. The van der Waals surface area contributed by atoms with Crippen molar-refractivity contribution in [2.45, 2.75) is 102 Å². The van der Waals surface area contributed by atoms with Gasteiger partial charge in [0.25, 0.3) is 0 Å². The molecule has 0 heterocycles. The lowest BCUT2D eigenvalue weighted by Crippen LogP contribution is -2.29. The van der Waals surface area contributed by atoms with Crippen molar-refractivity contribution in [2.24, 2.45) is 5.73 Å². The van der Waals surface area contributed by atoms with Crippen LogP contribution < -0.4 is 5.73 Å². The first-order valence-electron chi connectivity index (χ1n) is 8.86. The Bertz CT molecular complexity index is 314. The molecule has 1 atom stereocenters. The van der Waals surface area contributed by atoms with Gasteiger partial charge in [0.15, 0.2) is 0 Å². The first-order chi connectivity index (χ1) is 10.1. The molecule has 4 nitrogen and oxygen atoms in total. The molecule has 0 aromatic carbocycles. The van der Waals surface area contributed by atoms with Gasteiger partial charge in [-0.05, 0) is 32.1 Å². The van der Waals surface area contributed by atoms with Crippen molar-refractivity contribution < 1.29 is 13.6 Å². The highest BCUT2D eigenvalue weighted by molar-refractivity contribution is 7.54. The summed E-state index contributed by atoms with van der Waals surface area (Å²) in [5, 5.41) is 0. The van der Waals surface area contributed by atoms with E-state index in [0.717, 1.165) is 57.8 Å². The molecular weight excluding hydrogens is 285 g/mol. The highest BCUT2D eigenvalue weighted by Crippen LogP contribution is 2.56. The minimum absolute atomic E-state index is 0.0797. The molecule has 0 amide bonds. The van der Waals surface area contributed by atoms with E-state index in [1.54, 1.807) is 0 Å². The molecule has 2 aliphatic rings. The van der Waals surface area contributed by atoms with Crippen LogP contribution in [-0.2, 0) is 13.6 Å². The molecular formula is C16H32NO3P. The van der Waals surface area contributed by atoms with Gasteiger partial charge >= 0.3 is 7.60 Å². The quantitative estimate of drug-likeness (QED) is 0.674. The highest BCUT2D eigenvalue weighted by Gasteiger charge is 2.38. The Balaban J connectivity index is 1.99. The van der Waals surface area contributed by atoms with Crippen LogP contribution in [0, 0.1) is 0 Å². The summed E-state index contributed by atoms with van der Waals surface area (Å²) in [6, 6.07) is 0. The Morgan fingerprint density at radius 1 is 0.952 bits per heavy atom. The molecule has 2 N–H and O–H groups in total. The lowest BCUT2D eigenvalue weighted by atomic mass is 9.98. The summed E-state index contributed by atoms with van der Waals surface area (Å²) < 4.78 is 25.3. The summed E-state index contributed by atoms with van der Waals surface area (Å²) in [5.41, 5.74) is 6.18. The lowest BCUT2D eigenvalue weighted by molar-refractivity contribution is 0.0745. The van der Waals surface area contributed by atoms with Gasteiger partial charge in [0, 0.05) is 0 Å². The molecule has 0 aromatic heterocycles. The standard InChI is InChI=1S/C16H32NO3P/c1-2-9-16(17)21(18,19-14-10-5-3-6-11-14)20-15-12-7-4-8-13-15/h14-16H,2-13,17H2,1H3. The van der Waals surface area contributed by atoms with Crippen molar-refractivity contribution >= 4 is 7.60 Å². The molecule has 5 heteroatoms. The zero-order chi connectivity index (χ0) is 15.1. The van der Waals surface area contributed by atoms with Crippen LogP contribution >= 0.6 is 7.60 Å². The fraction of sp³-hybridized carbons (Fsp3) is 1.00. The molecule has 2 rings (SSSR count). The molecule has 1 unspecified atom stereocenters. The molecule has 0 bridgehead atoms. The predicted molar refractivity (Wildman–Crippen MR) is 86.4 cm³/mol. The topological polar surface area (TPSA) is 61.6 Å². The summed E-state index contributed by atoms with van der Waals surface area (Å²) in [6.07, 6.45) is 12.9. The van der Waals surface area contributed by atoms with Gasteiger partial charge in [-0.3, -0.25) is 4.57 Å². The maximum atomic E-state index is 13.3. The third-order valence-corrected chi connectivity index (χ3v) is 6.94. The SMILES string of the molecule is CCCC(N)P(=O)(OC1CCCCC1)OC1CCCCC1. The average Bonchev–Trinajstić information content (AvgIpc) is 2.49. The largest absolute Gasteiger partial charge is 0.347 e. The van der Waals surface area contributed by atoms with Crippen molar-refractivity contribution in [3.63, 3.8) is 0 Å². The molecule has 124 valence electrons. The maximum absolute atomic E-state index is 13.3. The van der Waals surface area contributed by atoms with E-state index in [0.29, 0.717) is 6.42 Å². The Kier molecular flexibility index (Phi) is 7.21. The normalized spacial score (nSPS) is 24.1. The van der Waals surface area contributed by atoms with E-state index in [4.69, 9.17) is 14.8 Å². The Labute approximate surface area is 129 Å². The van der Waals surface area contributed by atoms with E-state index < -0.39 is 13.4 Å². The van der Waals surface area contributed by atoms with Crippen molar-refractivity contribution in [3.8, 4) is 0 Å². The summed E-state index contributed by atoms with van der Waals surface area (Å²) in [7, 11) is -3.19. The minimum atomic E-state index is -3.19. The van der Waals surface area contributed by atoms with Crippen molar-refractivity contribution in [1.82, 2.24) is 0 Å². The van der Waals surface area contributed by atoms with E-state index in [1.807, 2.05) is 0 Å². The molecule has 21 heavy (non-hydrogen) atoms. The first-order valence-corrected chi connectivity index (χ1v) is 10.5. The fourth-order valence-electron chi connectivity index (χ4n) is 3.39. The van der Waals surface area contributed by atoms with Crippen molar-refractivity contribution in [3.05, 3.63) is 0 Å². The van der Waals surface area contributed by atoms with Crippen LogP contribution in [-0.4, -0.2) is 18.0 Å². The Hall–Kier alpha value is 0.110. The molecule has 0 aromatic rings. The monoisotopic (exact) mass is 317 g/mol. The van der Waals surface area contributed by atoms with Gasteiger partial charge in [-0.1, -0.05) is 51.9 Å². The zero-order valence-electron chi connectivity index (χ0n) is 13.5. The van der Waals surface area contributed by atoms with Gasteiger partial charge in [-0.15, -0.1) is 0 Å². The smallest absolute Gasteiger partial charge is 0.318 e. The van der Waals surface area contributed by atoms with Gasteiger partial charge < -0.3 is 14.8 Å². The second kappa shape index (κ2) is 8.67. The second-order valence-corrected chi connectivity index (χ2v) is 8.79. The molecule has 2 fully saturated rings. The highest BCUT2D eigenvalue weighted by atomic mass is 31.2. The molecule has 2 aliphatic carbocycles. The molecule has 0 saturated heterocycles. The number of hydrogen-bond donors (Lipinski definition) is 1. The average molecular weight is 317 g/mol. The van der Waals surface area contributed by atoms with Crippen LogP contribution in [0.3, 0.4) is 0 Å². The Morgan fingerprint density at radius 3 is 1.76 bits per heavy atom. The zero-order valence-corrected chi connectivity index (χ0v) is 14.4. The van der Waals surface area contributed by atoms with Crippen LogP contribution in [0.4, 0.5) is 0 Å². The number of hydrogen-bond acceptors (Lipinski definition) is 4. The second-order valence-electron chi connectivity index (χ2n) is 6.63. The van der Waals surface area contributed by atoms with Gasteiger partial charge in [0.1, 0.15) is 5.78 Å². The van der Waals surface area contributed by atoms with Crippen LogP contribution in [0.25, 0.3) is 0 Å². The lowest BCUT2D eigenvalue weighted by Gasteiger charge is -2.33. The van der Waals surface area contributed by atoms with Crippen molar-refractivity contribution in [1.29, 1.82) is 0 Å². The molecule has 2 saturated carbocycles. The van der Waals surface area contributed by atoms with E-state index in [-0.39, 0.29) is 12.2 Å². The third-order valence-electron chi connectivity index (χ3n) is 4.69. The van der Waals surface area contributed by atoms with Crippen LogP contribution in [0.1, 0.15) is 84.0 Å². The fourth-order valence-corrected chi connectivity index (χ4v) is 5.58. The van der Waals surface area contributed by atoms with E-state index >= 15 is 0 Å². The van der Waals surface area contributed by atoms with Crippen LogP contribution in [0.5, 0.6) is 0 Å². The number of nitrogens with two attached hydrogens (primary N) is 1.